The Morgan fingerprint density at radius 2 is 1.81 bits per heavy atom. The zero-order chi connectivity index (χ0) is 26.0. The number of halogens is 1. The number of amides is 1. The van der Waals surface area contributed by atoms with E-state index in [0.717, 1.165) is 41.4 Å². The van der Waals surface area contributed by atoms with Crippen molar-refractivity contribution in [3.05, 3.63) is 81.6 Å². The lowest BCUT2D eigenvalue weighted by atomic mass is 10.0. The number of piperidine rings is 1. The maximum atomic E-state index is 13.4. The molecule has 198 valence electrons. The SMILES string of the molecule is COc1ccc(CN(Cc2ccc(F)cc2)Cc2nc(C(=O)NCCCN3CCCCC3C)cs2)cc1. The van der Waals surface area contributed by atoms with Gasteiger partial charge in [-0.2, -0.15) is 0 Å². The van der Waals surface area contributed by atoms with Crippen LogP contribution in [0.15, 0.2) is 53.9 Å². The Bertz CT molecular complexity index is 1120. The highest BCUT2D eigenvalue weighted by Crippen LogP contribution is 2.20. The van der Waals surface area contributed by atoms with Crippen LogP contribution in [0.2, 0.25) is 0 Å². The van der Waals surface area contributed by atoms with Crippen molar-refractivity contribution in [1.29, 1.82) is 0 Å². The minimum Gasteiger partial charge on any atom is -0.497 e. The molecule has 0 aliphatic carbocycles. The van der Waals surface area contributed by atoms with Crippen LogP contribution >= 0.6 is 11.3 Å². The van der Waals surface area contributed by atoms with Gasteiger partial charge in [-0.15, -0.1) is 11.3 Å². The van der Waals surface area contributed by atoms with Gasteiger partial charge in [-0.25, -0.2) is 9.37 Å². The van der Waals surface area contributed by atoms with Crippen LogP contribution < -0.4 is 10.1 Å². The zero-order valence-electron chi connectivity index (χ0n) is 21.8. The van der Waals surface area contributed by atoms with Crippen molar-refractivity contribution < 1.29 is 13.9 Å². The molecule has 1 unspecified atom stereocenters. The number of nitrogens with zero attached hydrogens (tertiary/aromatic N) is 3. The Morgan fingerprint density at radius 1 is 1.11 bits per heavy atom. The molecule has 3 aromatic rings. The summed E-state index contributed by atoms with van der Waals surface area (Å²) < 4.78 is 18.7. The Hall–Kier alpha value is -2.81. The van der Waals surface area contributed by atoms with Crippen molar-refractivity contribution in [1.82, 2.24) is 20.1 Å². The maximum Gasteiger partial charge on any atom is 0.270 e. The van der Waals surface area contributed by atoms with Crippen LogP contribution in [0.4, 0.5) is 4.39 Å². The summed E-state index contributed by atoms with van der Waals surface area (Å²) in [6, 6.07) is 15.2. The van der Waals surface area contributed by atoms with Gasteiger partial charge in [0.15, 0.2) is 0 Å². The maximum absolute atomic E-state index is 13.4. The predicted molar refractivity (Wildman–Crippen MR) is 146 cm³/mol. The largest absolute Gasteiger partial charge is 0.497 e. The van der Waals surface area contributed by atoms with Crippen molar-refractivity contribution in [2.45, 2.75) is 58.3 Å². The van der Waals surface area contributed by atoms with E-state index in [1.807, 2.05) is 41.8 Å². The number of thiazole rings is 1. The van der Waals surface area contributed by atoms with Crippen LogP contribution in [0.5, 0.6) is 5.75 Å². The number of hydrogen-bond acceptors (Lipinski definition) is 6. The van der Waals surface area contributed by atoms with E-state index in [-0.39, 0.29) is 11.7 Å². The number of rotatable bonds is 12. The Labute approximate surface area is 223 Å². The fourth-order valence-corrected chi connectivity index (χ4v) is 5.56. The van der Waals surface area contributed by atoms with E-state index in [9.17, 15) is 9.18 Å². The molecule has 0 spiro atoms. The highest BCUT2D eigenvalue weighted by atomic mass is 32.1. The van der Waals surface area contributed by atoms with Gasteiger partial charge < -0.3 is 15.0 Å². The Kier molecular flexibility index (Phi) is 10.0. The number of benzene rings is 2. The normalized spacial score (nSPS) is 16.2. The smallest absolute Gasteiger partial charge is 0.270 e. The quantitative estimate of drug-likeness (QED) is 0.318. The molecule has 1 aliphatic rings. The lowest BCUT2D eigenvalue weighted by Gasteiger charge is -2.33. The lowest BCUT2D eigenvalue weighted by Crippen LogP contribution is -2.39. The molecule has 37 heavy (non-hydrogen) atoms. The number of methoxy groups -OCH3 is 1. The molecular weight excluding hydrogens is 487 g/mol. The summed E-state index contributed by atoms with van der Waals surface area (Å²) in [6.07, 6.45) is 4.81. The van der Waals surface area contributed by atoms with Gasteiger partial charge in [0.1, 0.15) is 22.3 Å². The first kappa shape index (κ1) is 27.2. The van der Waals surface area contributed by atoms with Gasteiger partial charge in [0.05, 0.1) is 13.7 Å². The lowest BCUT2D eigenvalue weighted by molar-refractivity contribution is 0.0944. The van der Waals surface area contributed by atoms with Gasteiger partial charge >= 0.3 is 0 Å². The minimum atomic E-state index is -0.244. The summed E-state index contributed by atoms with van der Waals surface area (Å²) in [5, 5.41) is 5.75. The fourth-order valence-electron chi connectivity index (χ4n) is 4.75. The van der Waals surface area contributed by atoms with Gasteiger partial charge in [-0.1, -0.05) is 30.7 Å². The molecule has 1 fully saturated rings. The first-order valence-electron chi connectivity index (χ1n) is 13.1. The molecule has 2 aromatic carbocycles. The van der Waals surface area contributed by atoms with Crippen LogP contribution in [0.1, 0.15) is 59.2 Å². The van der Waals surface area contributed by atoms with E-state index in [1.54, 1.807) is 7.11 Å². The van der Waals surface area contributed by atoms with Gasteiger partial charge in [-0.05, 0) is 68.1 Å². The number of ether oxygens (including phenoxy) is 1. The van der Waals surface area contributed by atoms with Crippen molar-refractivity contribution >= 4 is 17.2 Å². The van der Waals surface area contributed by atoms with E-state index < -0.39 is 0 Å². The molecule has 1 atom stereocenters. The van der Waals surface area contributed by atoms with Crippen molar-refractivity contribution in [3.8, 4) is 5.75 Å². The third-order valence-corrected chi connectivity index (χ3v) is 7.71. The molecule has 1 amide bonds. The summed E-state index contributed by atoms with van der Waals surface area (Å²) in [5.74, 6) is 0.454. The van der Waals surface area contributed by atoms with Crippen LogP contribution in [0.25, 0.3) is 0 Å². The topological polar surface area (TPSA) is 57.7 Å². The predicted octanol–water partition coefficient (Wildman–Crippen LogP) is 5.49. The van der Waals surface area contributed by atoms with E-state index in [1.165, 1.54) is 42.7 Å². The number of carbonyl (C=O) groups is 1. The molecule has 1 aliphatic heterocycles. The van der Waals surface area contributed by atoms with E-state index in [0.29, 0.717) is 37.9 Å². The highest BCUT2D eigenvalue weighted by Gasteiger charge is 2.18. The third kappa shape index (κ3) is 8.35. The molecule has 0 saturated carbocycles. The molecule has 8 heteroatoms. The van der Waals surface area contributed by atoms with Gasteiger partial charge in [0.25, 0.3) is 5.91 Å². The number of hydrogen-bond donors (Lipinski definition) is 1. The second kappa shape index (κ2) is 13.7. The number of likely N-dealkylation sites (tertiary alicyclic amines) is 1. The third-order valence-electron chi connectivity index (χ3n) is 6.88. The van der Waals surface area contributed by atoms with Crippen molar-refractivity contribution in [2.24, 2.45) is 0 Å². The van der Waals surface area contributed by atoms with E-state index in [4.69, 9.17) is 4.74 Å². The minimum absolute atomic E-state index is 0.116. The average molecular weight is 525 g/mol. The first-order chi connectivity index (χ1) is 18.0. The molecular formula is C29H37FN4O2S. The van der Waals surface area contributed by atoms with E-state index >= 15 is 0 Å². The van der Waals surface area contributed by atoms with Crippen LogP contribution in [-0.2, 0) is 19.6 Å². The molecule has 0 bridgehead atoms. The Balaban J connectivity index is 1.33. The van der Waals surface area contributed by atoms with Crippen molar-refractivity contribution in [3.63, 3.8) is 0 Å². The standard InChI is InChI=1S/C29H37FN4O2S/c1-22-6-3-4-16-34(22)17-5-15-31-29(35)27-21-37-28(32-27)20-33(18-23-7-11-25(30)12-8-23)19-24-9-13-26(36-2)14-10-24/h7-14,21-22H,3-6,15-20H2,1-2H3,(H,31,35). The molecule has 1 aromatic heterocycles. The van der Waals surface area contributed by atoms with Crippen LogP contribution in [-0.4, -0.2) is 53.5 Å². The molecule has 2 heterocycles. The van der Waals surface area contributed by atoms with E-state index in [2.05, 4.69) is 27.0 Å². The summed E-state index contributed by atoms with van der Waals surface area (Å²) >= 11 is 1.50. The molecule has 6 nitrogen and oxygen atoms in total. The Morgan fingerprint density at radius 3 is 2.49 bits per heavy atom. The number of nitrogens with one attached hydrogen (secondary N) is 1. The summed E-state index contributed by atoms with van der Waals surface area (Å²) in [6.45, 7) is 7.06. The molecule has 1 N–H and O–H groups in total. The first-order valence-corrected chi connectivity index (χ1v) is 13.9. The van der Waals surface area contributed by atoms with Crippen LogP contribution in [0.3, 0.4) is 0 Å². The molecule has 4 rings (SSSR count). The summed E-state index contributed by atoms with van der Waals surface area (Å²) in [4.78, 5) is 22.1. The van der Waals surface area contributed by atoms with Gasteiger partial charge in [0, 0.05) is 37.6 Å². The molecule has 0 radical (unpaired) electrons. The number of aromatic nitrogens is 1. The van der Waals surface area contributed by atoms with Gasteiger partial charge in [0.2, 0.25) is 0 Å². The number of carbonyl (C=O) groups excluding carboxylic acids is 1. The summed E-state index contributed by atoms with van der Waals surface area (Å²) in [5.41, 5.74) is 2.63. The van der Waals surface area contributed by atoms with Gasteiger partial charge in [-0.3, -0.25) is 9.69 Å². The zero-order valence-corrected chi connectivity index (χ0v) is 22.6. The highest BCUT2D eigenvalue weighted by molar-refractivity contribution is 7.09. The molecule has 1 saturated heterocycles. The second-order valence-electron chi connectivity index (χ2n) is 9.74. The summed E-state index contributed by atoms with van der Waals surface area (Å²) in [7, 11) is 1.65. The second-order valence-corrected chi connectivity index (χ2v) is 10.7. The van der Waals surface area contributed by atoms with Crippen molar-refractivity contribution in [2.75, 3.05) is 26.7 Å². The van der Waals surface area contributed by atoms with Crippen LogP contribution in [0, 0.1) is 5.82 Å². The average Bonchev–Trinajstić information content (AvgIpc) is 3.38. The monoisotopic (exact) mass is 524 g/mol. The fraction of sp³-hybridized carbons (Fsp3) is 0.448.